The summed E-state index contributed by atoms with van der Waals surface area (Å²) in [5.41, 5.74) is -0.0669. The normalized spacial score (nSPS) is 19.0. The maximum atomic E-state index is 11.6. The second kappa shape index (κ2) is 6.08. The first-order valence-corrected chi connectivity index (χ1v) is 8.65. The van der Waals surface area contributed by atoms with Crippen LogP contribution in [0.1, 0.15) is 0 Å². The van der Waals surface area contributed by atoms with Gasteiger partial charge in [-0.25, -0.2) is 0 Å². The first kappa shape index (κ1) is 17.7. The van der Waals surface area contributed by atoms with Crippen molar-refractivity contribution in [3.63, 3.8) is 0 Å². The van der Waals surface area contributed by atoms with Gasteiger partial charge in [-0.2, -0.15) is 8.42 Å². The predicted molar refractivity (Wildman–Crippen MR) is 88.9 cm³/mol. The largest absolute Gasteiger partial charge is 0.271 e. The van der Waals surface area contributed by atoms with Gasteiger partial charge in [0, 0.05) is 10.8 Å². The Hall–Kier alpha value is 0.320. The van der Waals surface area contributed by atoms with Crippen molar-refractivity contribution < 1.29 is 8.42 Å². The Morgan fingerprint density at radius 1 is 1.00 bits per heavy atom. The molecule has 21 heavy (non-hydrogen) atoms. The lowest BCUT2D eigenvalue weighted by Gasteiger charge is -2.28. The van der Waals surface area contributed by atoms with Crippen molar-refractivity contribution in [2.24, 2.45) is 4.99 Å². The number of hydrogen-bond acceptors (Lipinski definition) is 3. The molecule has 1 unspecified atom stereocenters. The van der Waals surface area contributed by atoms with Gasteiger partial charge in [-0.3, -0.25) is 4.99 Å². The van der Waals surface area contributed by atoms with Crippen molar-refractivity contribution in [1.29, 1.82) is 0 Å². The number of benzene rings is 1. The Bertz CT molecular complexity index is 827. The van der Waals surface area contributed by atoms with Crippen LogP contribution in [0, 0.1) is 0 Å². The number of alkyl halides is 6. The molecule has 3 nitrogen and oxygen atoms in total. The molecule has 10 heteroatoms. The Balaban J connectivity index is 3.05. The van der Waals surface area contributed by atoms with Crippen molar-refractivity contribution >= 4 is 90.3 Å². The molecule has 1 aromatic rings. The molecule has 0 saturated heterocycles. The van der Waals surface area contributed by atoms with E-state index in [4.69, 9.17) is 69.6 Å². The summed E-state index contributed by atoms with van der Waals surface area (Å²) in [5.74, 6) is 0. The smallest absolute Gasteiger partial charge is 0.220 e. The van der Waals surface area contributed by atoms with E-state index in [0.717, 1.165) is 0 Å². The van der Waals surface area contributed by atoms with E-state index in [-0.39, 0.29) is 10.4 Å². The van der Waals surface area contributed by atoms with Gasteiger partial charge in [0.15, 0.2) is 0 Å². The quantitative estimate of drug-likeness (QED) is 0.472. The molecule has 1 aliphatic heterocycles. The van der Waals surface area contributed by atoms with Crippen LogP contribution in [0.4, 0.5) is 0 Å². The van der Waals surface area contributed by atoms with Gasteiger partial charge in [0.1, 0.15) is 10.9 Å². The van der Waals surface area contributed by atoms with Crippen molar-refractivity contribution in [2.45, 2.75) is 13.6 Å². The molecule has 0 bridgehead atoms. The van der Waals surface area contributed by atoms with Gasteiger partial charge in [0.05, 0.1) is 5.36 Å². The number of rotatable bonds is 0. The molecular weight excluding hydrogens is 423 g/mol. The monoisotopic (exact) mass is 425 g/mol. The van der Waals surface area contributed by atoms with E-state index in [1.165, 1.54) is 0 Å². The van der Waals surface area contributed by atoms with Gasteiger partial charge in [0.25, 0.3) is 0 Å². The number of nitrogens with zero attached hydrogens (tertiary/aromatic N) is 1. The Kier molecular flexibility index (Phi) is 5.12. The Morgan fingerprint density at radius 3 is 2.05 bits per heavy atom. The van der Waals surface area contributed by atoms with E-state index in [1.807, 2.05) is 0 Å². The average Bonchev–Trinajstić information content (AvgIpc) is 2.33. The molecule has 1 heterocycles. The number of hydrogen-bond donors (Lipinski definition) is 0. The van der Waals surface area contributed by atoms with Gasteiger partial charge in [-0.1, -0.05) is 87.8 Å². The van der Waals surface area contributed by atoms with E-state index >= 15 is 0 Å². The van der Waals surface area contributed by atoms with E-state index in [2.05, 4.69) is 4.99 Å². The molecule has 1 aromatic carbocycles. The van der Waals surface area contributed by atoms with Gasteiger partial charge >= 0.3 is 0 Å². The second-order valence-electron chi connectivity index (χ2n) is 4.06. The maximum absolute atomic E-state index is 11.6. The van der Waals surface area contributed by atoms with Crippen LogP contribution in [-0.4, -0.2) is 26.9 Å². The molecule has 1 aliphatic rings. The first-order valence-electron chi connectivity index (χ1n) is 5.31. The van der Waals surface area contributed by atoms with Crippen LogP contribution in [-0.2, 0) is 10.3 Å². The molecule has 0 spiro atoms. The third-order valence-corrected chi connectivity index (χ3v) is 4.68. The summed E-state index contributed by atoms with van der Waals surface area (Å²) in [6, 6.07) is 5.23. The summed E-state index contributed by atoms with van der Waals surface area (Å²) in [6.07, 6.45) is 0. The molecule has 0 aromatic heterocycles. The van der Waals surface area contributed by atoms with Crippen LogP contribution < -0.4 is 10.6 Å². The van der Waals surface area contributed by atoms with Crippen LogP contribution in [0.15, 0.2) is 29.3 Å². The topological polar surface area (TPSA) is 46.5 Å². The highest BCUT2D eigenvalue weighted by Gasteiger charge is 2.45. The Labute approximate surface area is 151 Å². The minimum Gasteiger partial charge on any atom is -0.271 e. The van der Waals surface area contributed by atoms with E-state index in [9.17, 15) is 8.42 Å². The fraction of sp³-hybridized carbons (Fsp3) is 0.273. The van der Waals surface area contributed by atoms with E-state index in [0.29, 0.717) is 10.6 Å². The van der Waals surface area contributed by atoms with Crippen LogP contribution in [0.3, 0.4) is 0 Å². The maximum Gasteiger partial charge on any atom is 0.220 e. The van der Waals surface area contributed by atoms with Gasteiger partial charge in [-0.05, 0) is 6.07 Å². The fourth-order valence-electron chi connectivity index (χ4n) is 1.95. The zero-order valence-corrected chi connectivity index (χ0v) is 15.2. The fourth-order valence-corrected chi connectivity index (χ4v) is 4.24. The summed E-state index contributed by atoms with van der Waals surface area (Å²) < 4.78 is 19.2. The highest BCUT2D eigenvalue weighted by Crippen LogP contribution is 2.41. The van der Waals surface area contributed by atoms with Gasteiger partial charge in [-0.15, -0.1) is 0 Å². The zero-order valence-electron chi connectivity index (χ0n) is 9.83. The third-order valence-electron chi connectivity index (χ3n) is 2.71. The number of fused-ring (bicyclic) bond motifs is 1. The van der Waals surface area contributed by atoms with Crippen LogP contribution in [0.25, 0.3) is 5.57 Å². The highest BCUT2D eigenvalue weighted by atomic mass is 35.6. The Morgan fingerprint density at radius 2 is 1.57 bits per heavy atom. The first-order chi connectivity index (χ1) is 9.53. The molecular formula is C11H5Cl6NO2S. The SMILES string of the molecule is O=S(=O)=C1C(C(Cl)(Cl)Cl)=c2ccccc2=NC1C(Cl)(Cl)Cl. The minimum atomic E-state index is -2.78. The lowest BCUT2D eigenvalue weighted by atomic mass is 10.0. The summed E-state index contributed by atoms with van der Waals surface area (Å²) in [6.45, 7) is 0. The summed E-state index contributed by atoms with van der Waals surface area (Å²) >= 11 is 35.3. The molecule has 114 valence electrons. The summed E-state index contributed by atoms with van der Waals surface area (Å²) in [7, 11) is -2.78. The molecule has 0 aliphatic carbocycles. The van der Waals surface area contributed by atoms with E-state index < -0.39 is 23.9 Å². The zero-order chi connectivity index (χ0) is 16.0. The summed E-state index contributed by atoms with van der Waals surface area (Å²) in [5, 5.41) is 0.742. The third kappa shape index (κ3) is 3.63. The highest BCUT2D eigenvalue weighted by molar-refractivity contribution is 7.74. The van der Waals surface area contributed by atoms with Crippen molar-refractivity contribution in [3.05, 3.63) is 34.8 Å². The standard InChI is InChI=1S/C11H5Cl6NO2S/c12-10(13,14)7-5-3-1-2-4-6(5)18-9(11(15,16)17)8(7)21(19)20/h1-4,9H. The molecule has 0 saturated carbocycles. The molecule has 2 rings (SSSR count). The lowest BCUT2D eigenvalue weighted by Crippen LogP contribution is -2.48. The van der Waals surface area contributed by atoms with Gasteiger partial charge in [0.2, 0.25) is 17.9 Å². The predicted octanol–water partition coefficient (Wildman–Crippen LogP) is 2.63. The second-order valence-corrected chi connectivity index (χ2v) is 9.62. The van der Waals surface area contributed by atoms with Crippen molar-refractivity contribution in [1.82, 2.24) is 0 Å². The summed E-state index contributed by atoms with van der Waals surface area (Å²) in [4.78, 5) is 3.81. The van der Waals surface area contributed by atoms with Crippen LogP contribution >= 0.6 is 69.6 Å². The molecule has 0 radical (unpaired) electrons. The van der Waals surface area contributed by atoms with Crippen LogP contribution in [0.2, 0.25) is 0 Å². The van der Waals surface area contributed by atoms with Crippen molar-refractivity contribution in [2.75, 3.05) is 0 Å². The van der Waals surface area contributed by atoms with Gasteiger partial charge < -0.3 is 0 Å². The molecule has 0 N–H and O–H groups in total. The molecule has 0 amide bonds. The van der Waals surface area contributed by atoms with Crippen molar-refractivity contribution in [3.8, 4) is 0 Å². The van der Waals surface area contributed by atoms with Crippen LogP contribution in [0.5, 0.6) is 0 Å². The number of halogens is 6. The minimum absolute atomic E-state index is 0.0669. The lowest BCUT2D eigenvalue weighted by molar-refractivity contribution is 0.626. The number of para-hydroxylation sites is 1. The van der Waals surface area contributed by atoms with E-state index in [1.54, 1.807) is 24.3 Å². The molecule has 1 atom stereocenters. The average molecular weight is 428 g/mol. The molecule has 0 fully saturated rings.